The van der Waals surface area contributed by atoms with Gasteiger partial charge in [-0.15, -0.1) is 0 Å². The highest BCUT2D eigenvalue weighted by Crippen LogP contribution is 2.19. The van der Waals surface area contributed by atoms with E-state index in [9.17, 15) is 14.7 Å². The maximum Gasteiger partial charge on any atom is 0.312 e. The highest BCUT2D eigenvalue weighted by molar-refractivity contribution is 5.87. The molecule has 1 aliphatic rings. The molecule has 0 saturated heterocycles. The number of hydrogen-bond donors (Lipinski definition) is 4. The van der Waals surface area contributed by atoms with Gasteiger partial charge in [-0.25, -0.2) is 4.79 Å². The van der Waals surface area contributed by atoms with Gasteiger partial charge in [-0.3, -0.25) is 4.79 Å². The Morgan fingerprint density at radius 2 is 2.00 bits per heavy atom. The van der Waals surface area contributed by atoms with Crippen molar-refractivity contribution in [1.82, 2.24) is 10.6 Å². The molecular weight excluding hydrogens is 246 g/mol. The van der Waals surface area contributed by atoms with Crippen molar-refractivity contribution >= 4 is 11.9 Å². The van der Waals surface area contributed by atoms with E-state index in [2.05, 4.69) is 10.6 Å². The van der Waals surface area contributed by atoms with Gasteiger partial charge in [0.15, 0.2) is 0 Å². The largest absolute Gasteiger partial charge is 0.391 e. The van der Waals surface area contributed by atoms with Crippen LogP contribution >= 0.6 is 0 Å². The molecule has 110 valence electrons. The van der Waals surface area contributed by atoms with Crippen molar-refractivity contribution in [2.24, 2.45) is 11.7 Å². The van der Waals surface area contributed by atoms with Gasteiger partial charge in [-0.05, 0) is 18.8 Å². The molecule has 3 amide bonds. The molecule has 4 atom stereocenters. The van der Waals surface area contributed by atoms with E-state index in [1.54, 1.807) is 0 Å². The number of aliphatic hydroxyl groups is 1. The van der Waals surface area contributed by atoms with Crippen LogP contribution < -0.4 is 16.4 Å². The van der Waals surface area contributed by atoms with E-state index in [4.69, 9.17) is 5.73 Å². The quantitative estimate of drug-likeness (QED) is 0.585. The van der Waals surface area contributed by atoms with Crippen molar-refractivity contribution in [1.29, 1.82) is 0 Å². The third-order valence-corrected chi connectivity index (χ3v) is 3.85. The van der Waals surface area contributed by atoms with Gasteiger partial charge in [0, 0.05) is 0 Å². The van der Waals surface area contributed by atoms with Crippen LogP contribution in [0.15, 0.2) is 0 Å². The maximum absolute atomic E-state index is 12.2. The van der Waals surface area contributed by atoms with E-state index in [0.717, 1.165) is 25.7 Å². The third kappa shape index (κ3) is 4.70. The molecule has 2 unspecified atom stereocenters. The van der Waals surface area contributed by atoms with Crippen LogP contribution in [0.1, 0.15) is 46.0 Å². The van der Waals surface area contributed by atoms with Crippen molar-refractivity contribution in [3.05, 3.63) is 0 Å². The van der Waals surface area contributed by atoms with Crippen LogP contribution in [0.2, 0.25) is 0 Å². The molecule has 0 aliphatic heterocycles. The number of aliphatic hydroxyl groups excluding tert-OH is 1. The molecule has 0 spiro atoms. The number of amides is 3. The molecule has 0 aromatic carbocycles. The van der Waals surface area contributed by atoms with Gasteiger partial charge in [0.2, 0.25) is 5.91 Å². The minimum absolute atomic E-state index is 0.00627. The number of nitrogens with one attached hydrogen (secondary N) is 2. The van der Waals surface area contributed by atoms with Gasteiger partial charge in [0.25, 0.3) is 0 Å². The average Bonchev–Trinajstić information content (AvgIpc) is 2.37. The summed E-state index contributed by atoms with van der Waals surface area (Å²) in [5, 5.41) is 15.2. The van der Waals surface area contributed by atoms with E-state index in [1.807, 2.05) is 13.8 Å². The van der Waals surface area contributed by atoms with Gasteiger partial charge in [0.05, 0.1) is 12.1 Å². The molecule has 19 heavy (non-hydrogen) atoms. The highest BCUT2D eigenvalue weighted by atomic mass is 16.3. The van der Waals surface area contributed by atoms with E-state index < -0.39 is 18.2 Å². The number of carbonyl (C=O) groups is 2. The Balaban J connectivity index is 2.62. The SMILES string of the molecule is CCC(C)C(NC(N)=O)C(=O)N[C@H]1CCCC[C@@H]1O. The maximum atomic E-state index is 12.2. The summed E-state index contributed by atoms with van der Waals surface area (Å²) in [6.07, 6.45) is 3.73. The van der Waals surface area contributed by atoms with E-state index in [0.29, 0.717) is 6.42 Å². The van der Waals surface area contributed by atoms with E-state index in [1.165, 1.54) is 0 Å². The second-order valence-electron chi connectivity index (χ2n) is 5.34. The molecule has 0 radical (unpaired) electrons. The number of carbonyl (C=O) groups excluding carboxylic acids is 2. The number of rotatable bonds is 5. The zero-order valence-corrected chi connectivity index (χ0v) is 11.7. The predicted molar refractivity (Wildman–Crippen MR) is 72.4 cm³/mol. The zero-order valence-electron chi connectivity index (χ0n) is 11.7. The Hall–Kier alpha value is -1.30. The number of nitrogens with two attached hydrogens (primary N) is 1. The summed E-state index contributed by atoms with van der Waals surface area (Å²) in [7, 11) is 0. The highest BCUT2D eigenvalue weighted by Gasteiger charge is 2.30. The first kappa shape index (κ1) is 15.8. The van der Waals surface area contributed by atoms with Crippen LogP contribution in [0.4, 0.5) is 4.79 Å². The normalized spacial score (nSPS) is 26.3. The van der Waals surface area contributed by atoms with Crippen LogP contribution in [0.25, 0.3) is 0 Å². The molecule has 0 aromatic rings. The van der Waals surface area contributed by atoms with Crippen molar-refractivity contribution in [2.45, 2.75) is 64.1 Å². The number of hydrogen-bond acceptors (Lipinski definition) is 3. The summed E-state index contributed by atoms with van der Waals surface area (Å²) in [6, 6.07) is -1.57. The lowest BCUT2D eigenvalue weighted by Gasteiger charge is -2.31. The number of urea groups is 1. The topological polar surface area (TPSA) is 104 Å². The molecule has 1 saturated carbocycles. The average molecular weight is 271 g/mol. The Labute approximate surface area is 114 Å². The molecule has 0 aromatic heterocycles. The van der Waals surface area contributed by atoms with Crippen molar-refractivity contribution < 1.29 is 14.7 Å². The first-order valence-corrected chi connectivity index (χ1v) is 7.00. The molecule has 1 aliphatic carbocycles. The van der Waals surface area contributed by atoms with Gasteiger partial charge in [-0.2, -0.15) is 0 Å². The minimum Gasteiger partial charge on any atom is -0.391 e. The number of primary amides is 1. The van der Waals surface area contributed by atoms with Crippen LogP contribution in [0.3, 0.4) is 0 Å². The summed E-state index contributed by atoms with van der Waals surface area (Å²) in [5.74, 6) is -0.271. The van der Waals surface area contributed by atoms with Gasteiger partial charge in [0.1, 0.15) is 6.04 Å². The van der Waals surface area contributed by atoms with Crippen LogP contribution in [-0.2, 0) is 4.79 Å². The summed E-state index contributed by atoms with van der Waals surface area (Å²) in [5.41, 5.74) is 5.10. The Kier molecular flexibility index (Phi) is 6.08. The monoisotopic (exact) mass is 271 g/mol. The molecular formula is C13H25N3O3. The lowest BCUT2D eigenvalue weighted by molar-refractivity contribution is -0.126. The van der Waals surface area contributed by atoms with Crippen molar-refractivity contribution in [3.63, 3.8) is 0 Å². The summed E-state index contributed by atoms with van der Waals surface area (Å²) in [6.45, 7) is 3.83. The second-order valence-corrected chi connectivity index (χ2v) is 5.34. The molecule has 1 fully saturated rings. The summed E-state index contributed by atoms with van der Waals surface area (Å²) in [4.78, 5) is 23.2. The predicted octanol–water partition coefficient (Wildman–Crippen LogP) is 0.489. The first-order valence-electron chi connectivity index (χ1n) is 7.00. The van der Waals surface area contributed by atoms with Crippen molar-refractivity contribution in [2.75, 3.05) is 0 Å². The Morgan fingerprint density at radius 1 is 1.37 bits per heavy atom. The van der Waals surface area contributed by atoms with Gasteiger partial charge < -0.3 is 21.5 Å². The Morgan fingerprint density at radius 3 is 2.53 bits per heavy atom. The smallest absolute Gasteiger partial charge is 0.312 e. The second kappa shape index (κ2) is 7.33. The fraction of sp³-hybridized carbons (Fsp3) is 0.846. The van der Waals surface area contributed by atoms with E-state index >= 15 is 0 Å². The fourth-order valence-electron chi connectivity index (χ4n) is 2.41. The van der Waals surface area contributed by atoms with Crippen LogP contribution in [0, 0.1) is 5.92 Å². The standard InChI is InChI=1S/C13H25N3O3/c1-3-8(2)11(16-13(14)19)12(18)15-9-6-4-5-7-10(9)17/h8-11,17H,3-7H2,1-2H3,(H,15,18)(H3,14,16,19)/t8?,9-,10-,11?/m0/s1. The third-order valence-electron chi connectivity index (χ3n) is 3.85. The first-order chi connectivity index (χ1) is 8.95. The molecule has 0 heterocycles. The van der Waals surface area contributed by atoms with E-state index in [-0.39, 0.29) is 17.9 Å². The molecule has 1 rings (SSSR count). The lowest BCUT2D eigenvalue weighted by atomic mass is 9.91. The lowest BCUT2D eigenvalue weighted by Crippen LogP contribution is -2.56. The minimum atomic E-state index is -0.704. The summed E-state index contributed by atoms with van der Waals surface area (Å²) < 4.78 is 0. The zero-order chi connectivity index (χ0) is 14.4. The van der Waals surface area contributed by atoms with Crippen LogP contribution in [0.5, 0.6) is 0 Å². The molecule has 6 nitrogen and oxygen atoms in total. The van der Waals surface area contributed by atoms with Gasteiger partial charge in [-0.1, -0.05) is 33.1 Å². The molecule has 0 bridgehead atoms. The summed E-state index contributed by atoms with van der Waals surface area (Å²) >= 11 is 0. The molecule has 5 N–H and O–H groups in total. The van der Waals surface area contributed by atoms with Crippen molar-refractivity contribution in [3.8, 4) is 0 Å². The Bertz CT molecular complexity index is 322. The van der Waals surface area contributed by atoms with Gasteiger partial charge >= 0.3 is 6.03 Å². The molecule has 6 heteroatoms. The fourth-order valence-corrected chi connectivity index (χ4v) is 2.41. The van der Waals surface area contributed by atoms with Crippen LogP contribution in [-0.4, -0.2) is 35.2 Å².